The molecule has 0 fully saturated rings. The van der Waals surface area contributed by atoms with Crippen LogP contribution < -0.4 is 5.32 Å². The molecule has 0 unspecified atom stereocenters. The Balaban J connectivity index is 2.06. The lowest BCUT2D eigenvalue weighted by atomic mass is 10.2. The standard InChI is InChI=1S/C13H12N4O3/c1-8-10(13(19)20)4-5-11(16-8)12(18)14-7-9-3-2-6-15-17-9/h2-6H,7H2,1H3,(H,14,18)(H,19,20). The summed E-state index contributed by atoms with van der Waals surface area (Å²) in [6.45, 7) is 1.77. The molecule has 102 valence electrons. The number of rotatable bonds is 4. The molecule has 1 amide bonds. The third kappa shape index (κ3) is 3.14. The van der Waals surface area contributed by atoms with E-state index in [1.165, 1.54) is 12.1 Å². The summed E-state index contributed by atoms with van der Waals surface area (Å²) in [5.74, 6) is -1.46. The van der Waals surface area contributed by atoms with E-state index in [2.05, 4.69) is 20.5 Å². The van der Waals surface area contributed by atoms with Gasteiger partial charge in [0.1, 0.15) is 5.69 Å². The minimum Gasteiger partial charge on any atom is -0.478 e. The van der Waals surface area contributed by atoms with Crippen molar-refractivity contribution in [2.24, 2.45) is 0 Å². The van der Waals surface area contributed by atoms with Gasteiger partial charge in [0.25, 0.3) is 5.91 Å². The van der Waals surface area contributed by atoms with Gasteiger partial charge in [-0.25, -0.2) is 9.78 Å². The van der Waals surface area contributed by atoms with Crippen LogP contribution in [0.4, 0.5) is 0 Å². The molecule has 0 saturated heterocycles. The van der Waals surface area contributed by atoms with Crippen molar-refractivity contribution in [2.45, 2.75) is 13.5 Å². The Hall–Kier alpha value is -2.83. The number of carbonyl (C=O) groups excluding carboxylic acids is 1. The Morgan fingerprint density at radius 3 is 2.70 bits per heavy atom. The van der Waals surface area contributed by atoms with Crippen LogP contribution in [-0.4, -0.2) is 32.2 Å². The van der Waals surface area contributed by atoms with Gasteiger partial charge in [0, 0.05) is 6.20 Å². The van der Waals surface area contributed by atoms with Crippen LogP contribution in [0.1, 0.15) is 32.2 Å². The van der Waals surface area contributed by atoms with E-state index in [0.717, 1.165) is 0 Å². The number of aromatic nitrogens is 3. The minimum atomic E-state index is -1.07. The predicted octanol–water partition coefficient (Wildman–Crippen LogP) is 0.808. The molecule has 7 nitrogen and oxygen atoms in total. The van der Waals surface area contributed by atoms with E-state index in [4.69, 9.17) is 5.11 Å². The van der Waals surface area contributed by atoms with Crippen LogP contribution in [0.3, 0.4) is 0 Å². The van der Waals surface area contributed by atoms with Crippen LogP contribution in [0.25, 0.3) is 0 Å². The Labute approximate surface area is 114 Å². The first-order valence-corrected chi connectivity index (χ1v) is 5.83. The van der Waals surface area contributed by atoms with E-state index in [1.54, 1.807) is 25.3 Å². The monoisotopic (exact) mass is 272 g/mol. The smallest absolute Gasteiger partial charge is 0.337 e. The van der Waals surface area contributed by atoms with Gasteiger partial charge in [-0.2, -0.15) is 10.2 Å². The van der Waals surface area contributed by atoms with Crippen LogP contribution >= 0.6 is 0 Å². The summed E-state index contributed by atoms with van der Waals surface area (Å²) in [7, 11) is 0. The zero-order valence-corrected chi connectivity index (χ0v) is 10.7. The van der Waals surface area contributed by atoms with Crippen LogP contribution in [0.15, 0.2) is 30.5 Å². The number of nitrogens with zero attached hydrogens (tertiary/aromatic N) is 3. The van der Waals surface area contributed by atoms with E-state index in [9.17, 15) is 9.59 Å². The topological polar surface area (TPSA) is 105 Å². The fourth-order valence-electron chi connectivity index (χ4n) is 1.60. The molecule has 2 rings (SSSR count). The van der Waals surface area contributed by atoms with Crippen molar-refractivity contribution in [3.63, 3.8) is 0 Å². The molecule has 20 heavy (non-hydrogen) atoms. The molecule has 0 atom stereocenters. The predicted molar refractivity (Wildman–Crippen MR) is 69.1 cm³/mol. The second-order valence-corrected chi connectivity index (χ2v) is 4.03. The summed E-state index contributed by atoms with van der Waals surface area (Å²) < 4.78 is 0. The molecule has 2 aromatic heterocycles. The third-order valence-electron chi connectivity index (χ3n) is 2.61. The number of hydrogen-bond donors (Lipinski definition) is 2. The highest BCUT2D eigenvalue weighted by atomic mass is 16.4. The molecule has 0 spiro atoms. The van der Waals surface area contributed by atoms with Gasteiger partial charge in [0.2, 0.25) is 0 Å². The van der Waals surface area contributed by atoms with E-state index in [0.29, 0.717) is 11.4 Å². The molecule has 2 N–H and O–H groups in total. The quantitative estimate of drug-likeness (QED) is 0.853. The molecule has 2 heterocycles. The van der Waals surface area contributed by atoms with Crippen molar-refractivity contribution in [3.05, 3.63) is 53.1 Å². The average molecular weight is 272 g/mol. The molecule has 0 aromatic carbocycles. The van der Waals surface area contributed by atoms with Gasteiger partial charge in [-0.15, -0.1) is 0 Å². The second kappa shape index (κ2) is 5.87. The summed E-state index contributed by atoms with van der Waals surface area (Å²) >= 11 is 0. The number of carboxylic acid groups (broad SMARTS) is 1. The van der Waals surface area contributed by atoms with Gasteiger partial charge in [-0.05, 0) is 31.2 Å². The SMILES string of the molecule is Cc1nc(C(=O)NCc2cccnn2)ccc1C(=O)O. The molecule has 0 aliphatic rings. The van der Waals surface area contributed by atoms with Crippen molar-refractivity contribution in [3.8, 4) is 0 Å². The largest absolute Gasteiger partial charge is 0.478 e. The number of hydrogen-bond acceptors (Lipinski definition) is 5. The van der Waals surface area contributed by atoms with Crippen LogP contribution in [-0.2, 0) is 6.54 Å². The Kier molecular flexibility index (Phi) is 3.99. The first-order valence-electron chi connectivity index (χ1n) is 5.83. The fourth-order valence-corrected chi connectivity index (χ4v) is 1.60. The van der Waals surface area contributed by atoms with Crippen LogP contribution in [0, 0.1) is 6.92 Å². The maximum Gasteiger partial charge on any atom is 0.337 e. The number of pyridine rings is 1. The molecule has 0 radical (unpaired) electrons. The zero-order chi connectivity index (χ0) is 14.5. The van der Waals surface area contributed by atoms with E-state index < -0.39 is 11.9 Å². The normalized spacial score (nSPS) is 10.1. The van der Waals surface area contributed by atoms with Crippen molar-refractivity contribution in [2.75, 3.05) is 0 Å². The van der Waals surface area contributed by atoms with Gasteiger partial charge in [-0.3, -0.25) is 4.79 Å². The van der Waals surface area contributed by atoms with Gasteiger partial charge in [0.05, 0.1) is 23.5 Å². The molecule has 0 saturated carbocycles. The molecule has 0 aliphatic heterocycles. The van der Waals surface area contributed by atoms with E-state index in [-0.39, 0.29) is 17.8 Å². The van der Waals surface area contributed by atoms with Crippen LogP contribution in [0.2, 0.25) is 0 Å². The summed E-state index contributed by atoms with van der Waals surface area (Å²) in [4.78, 5) is 26.7. The van der Waals surface area contributed by atoms with Gasteiger partial charge in [-0.1, -0.05) is 0 Å². The first-order chi connectivity index (χ1) is 9.58. The highest BCUT2D eigenvalue weighted by Gasteiger charge is 2.12. The lowest BCUT2D eigenvalue weighted by Crippen LogP contribution is -2.25. The fraction of sp³-hybridized carbons (Fsp3) is 0.154. The van der Waals surface area contributed by atoms with Crippen LogP contribution in [0.5, 0.6) is 0 Å². The third-order valence-corrected chi connectivity index (χ3v) is 2.61. The highest BCUT2D eigenvalue weighted by molar-refractivity contribution is 5.94. The number of aromatic carboxylic acids is 1. The summed E-state index contributed by atoms with van der Waals surface area (Å²) in [6.07, 6.45) is 1.54. The van der Waals surface area contributed by atoms with Crippen molar-refractivity contribution in [1.29, 1.82) is 0 Å². The van der Waals surface area contributed by atoms with Crippen molar-refractivity contribution in [1.82, 2.24) is 20.5 Å². The zero-order valence-electron chi connectivity index (χ0n) is 10.7. The Bertz CT molecular complexity index is 643. The summed E-state index contributed by atoms with van der Waals surface area (Å²) in [6, 6.07) is 6.20. The summed E-state index contributed by atoms with van der Waals surface area (Å²) in [5.41, 5.74) is 1.16. The van der Waals surface area contributed by atoms with Gasteiger partial charge >= 0.3 is 5.97 Å². The van der Waals surface area contributed by atoms with E-state index in [1.807, 2.05) is 0 Å². The van der Waals surface area contributed by atoms with Gasteiger partial charge < -0.3 is 10.4 Å². The molecule has 7 heteroatoms. The molecule has 0 bridgehead atoms. The molecule has 0 aliphatic carbocycles. The Morgan fingerprint density at radius 2 is 2.10 bits per heavy atom. The maximum atomic E-state index is 11.9. The average Bonchev–Trinajstić information content (AvgIpc) is 2.45. The first kappa shape index (κ1) is 13.6. The lowest BCUT2D eigenvalue weighted by Gasteiger charge is -2.06. The lowest BCUT2D eigenvalue weighted by molar-refractivity contribution is 0.0694. The maximum absolute atomic E-state index is 11.9. The van der Waals surface area contributed by atoms with Crippen molar-refractivity contribution < 1.29 is 14.7 Å². The molecular weight excluding hydrogens is 260 g/mol. The second-order valence-electron chi connectivity index (χ2n) is 4.03. The molecular formula is C13H12N4O3. The Morgan fingerprint density at radius 1 is 1.30 bits per heavy atom. The number of carboxylic acids is 1. The highest BCUT2D eigenvalue weighted by Crippen LogP contribution is 2.07. The molecule has 2 aromatic rings. The number of carbonyl (C=O) groups is 2. The minimum absolute atomic E-state index is 0.0791. The number of aryl methyl sites for hydroxylation is 1. The van der Waals surface area contributed by atoms with E-state index >= 15 is 0 Å². The number of nitrogens with one attached hydrogen (secondary N) is 1. The van der Waals surface area contributed by atoms with Crippen molar-refractivity contribution >= 4 is 11.9 Å². The number of amides is 1. The van der Waals surface area contributed by atoms with Gasteiger partial charge in [0.15, 0.2) is 0 Å². The summed E-state index contributed by atoms with van der Waals surface area (Å²) in [5, 5.41) is 19.1.